The first-order chi connectivity index (χ1) is 13.8. The topological polar surface area (TPSA) is 114 Å². The minimum atomic E-state index is -3.78. The average molecular weight is 417 g/mol. The van der Waals surface area contributed by atoms with Crippen LogP contribution in [0.1, 0.15) is 5.56 Å². The molecule has 0 unspecified atom stereocenters. The zero-order valence-corrected chi connectivity index (χ0v) is 16.6. The van der Waals surface area contributed by atoms with E-state index in [9.17, 15) is 18.0 Å². The van der Waals surface area contributed by atoms with Crippen molar-refractivity contribution in [3.63, 3.8) is 0 Å². The minimum absolute atomic E-state index is 0.0906. The van der Waals surface area contributed by atoms with Crippen LogP contribution in [0.15, 0.2) is 57.8 Å². The Morgan fingerprint density at radius 2 is 1.90 bits per heavy atom. The van der Waals surface area contributed by atoms with E-state index in [1.165, 1.54) is 25.1 Å². The van der Waals surface area contributed by atoms with Crippen LogP contribution < -0.4 is 10.1 Å². The number of benzene rings is 2. The van der Waals surface area contributed by atoms with Crippen LogP contribution in [-0.4, -0.2) is 58.3 Å². The predicted molar refractivity (Wildman–Crippen MR) is 105 cm³/mol. The molecule has 9 nitrogen and oxygen atoms in total. The Bertz CT molecular complexity index is 1080. The maximum absolute atomic E-state index is 12.1. The van der Waals surface area contributed by atoms with E-state index in [0.717, 1.165) is 0 Å². The number of carbonyl (C=O) groups excluding carboxylic acids is 2. The van der Waals surface area contributed by atoms with Gasteiger partial charge in [0.1, 0.15) is 17.2 Å². The number of amidine groups is 1. The fourth-order valence-corrected chi connectivity index (χ4v) is 3.97. The molecule has 0 radical (unpaired) electrons. The molecular weight excluding hydrogens is 398 g/mol. The van der Waals surface area contributed by atoms with Crippen molar-refractivity contribution in [2.75, 3.05) is 32.6 Å². The lowest BCUT2D eigenvalue weighted by Crippen LogP contribution is -2.34. The number of amides is 1. The zero-order valence-electron chi connectivity index (χ0n) is 15.8. The summed E-state index contributed by atoms with van der Waals surface area (Å²) >= 11 is 0. The number of nitrogens with one attached hydrogen (secondary N) is 1. The van der Waals surface area contributed by atoms with Crippen molar-refractivity contribution in [2.24, 2.45) is 4.40 Å². The zero-order chi connectivity index (χ0) is 21.0. The van der Waals surface area contributed by atoms with Crippen LogP contribution in [0.3, 0.4) is 0 Å². The standard InChI is InChI=1S/C19H19N3O6S/c1-22(19-15-8-3-4-9-16(15)29(25,26)21-19)11-18(24)28-12-17(23)20-13-6-5-7-14(10-13)27-2/h3-10H,11-12H2,1-2H3,(H,20,23). The molecule has 2 aromatic rings. The molecule has 3 rings (SSSR count). The van der Waals surface area contributed by atoms with Crippen LogP contribution in [-0.2, 0) is 24.3 Å². The van der Waals surface area contributed by atoms with Crippen molar-refractivity contribution in [2.45, 2.75) is 4.90 Å². The van der Waals surface area contributed by atoms with Gasteiger partial charge in [-0.15, -0.1) is 4.40 Å². The van der Waals surface area contributed by atoms with E-state index in [1.54, 1.807) is 42.5 Å². The van der Waals surface area contributed by atoms with Crippen LogP contribution in [0.2, 0.25) is 0 Å². The van der Waals surface area contributed by atoms with Gasteiger partial charge in [-0.25, -0.2) is 0 Å². The van der Waals surface area contributed by atoms with Crippen molar-refractivity contribution in [1.29, 1.82) is 0 Å². The van der Waals surface area contributed by atoms with E-state index < -0.39 is 28.5 Å². The van der Waals surface area contributed by atoms with Gasteiger partial charge in [0.25, 0.3) is 15.9 Å². The molecule has 0 saturated carbocycles. The summed E-state index contributed by atoms with van der Waals surface area (Å²) in [5.41, 5.74) is 0.920. The molecule has 1 heterocycles. The van der Waals surface area contributed by atoms with Crippen molar-refractivity contribution in [3.05, 3.63) is 54.1 Å². The summed E-state index contributed by atoms with van der Waals surface area (Å²) in [6.45, 7) is -0.750. The number of methoxy groups -OCH3 is 1. The summed E-state index contributed by atoms with van der Waals surface area (Å²) in [6.07, 6.45) is 0. The second-order valence-corrected chi connectivity index (χ2v) is 7.76. The fourth-order valence-electron chi connectivity index (χ4n) is 2.72. The van der Waals surface area contributed by atoms with E-state index in [1.807, 2.05) is 0 Å². The number of hydrogen-bond acceptors (Lipinski definition) is 7. The molecule has 0 spiro atoms. The van der Waals surface area contributed by atoms with Gasteiger partial charge in [0.2, 0.25) is 0 Å². The van der Waals surface area contributed by atoms with Gasteiger partial charge in [0.05, 0.1) is 7.11 Å². The van der Waals surface area contributed by atoms with Gasteiger partial charge in [-0.05, 0) is 24.3 Å². The number of anilines is 1. The van der Waals surface area contributed by atoms with Crippen LogP contribution in [0, 0.1) is 0 Å². The summed E-state index contributed by atoms with van der Waals surface area (Å²) in [5.74, 6) is -0.481. The Kier molecular flexibility index (Phi) is 5.83. The summed E-state index contributed by atoms with van der Waals surface area (Å²) in [6, 6.07) is 13.1. The van der Waals surface area contributed by atoms with Crippen LogP contribution in [0.4, 0.5) is 5.69 Å². The quantitative estimate of drug-likeness (QED) is 0.704. The Balaban J connectivity index is 1.55. The van der Waals surface area contributed by atoms with Crippen molar-refractivity contribution in [1.82, 2.24) is 4.90 Å². The molecule has 0 atom stereocenters. The molecule has 10 heteroatoms. The van der Waals surface area contributed by atoms with Crippen molar-refractivity contribution >= 4 is 33.4 Å². The van der Waals surface area contributed by atoms with Crippen molar-refractivity contribution < 1.29 is 27.5 Å². The fraction of sp³-hybridized carbons (Fsp3) is 0.211. The Morgan fingerprint density at radius 1 is 1.14 bits per heavy atom. The molecule has 152 valence electrons. The van der Waals surface area contributed by atoms with Crippen LogP contribution in [0.5, 0.6) is 5.75 Å². The summed E-state index contributed by atoms with van der Waals surface area (Å²) in [7, 11) is -0.749. The van der Waals surface area contributed by atoms with Gasteiger partial charge in [-0.3, -0.25) is 9.59 Å². The molecule has 0 bridgehead atoms. The number of sulfonamides is 1. The van der Waals surface area contributed by atoms with Crippen LogP contribution in [0.25, 0.3) is 0 Å². The summed E-state index contributed by atoms with van der Waals surface area (Å²) in [5, 5.41) is 2.59. The molecular formula is C19H19N3O6S. The van der Waals surface area contributed by atoms with E-state index in [4.69, 9.17) is 9.47 Å². The lowest BCUT2D eigenvalue weighted by atomic mass is 10.2. The number of likely N-dealkylation sites (N-methyl/N-ethyl adjacent to an activating group) is 1. The Labute approximate surface area is 168 Å². The first kappa shape index (κ1) is 20.3. The largest absolute Gasteiger partial charge is 0.497 e. The van der Waals surface area contributed by atoms with Gasteiger partial charge in [-0.1, -0.05) is 18.2 Å². The van der Waals surface area contributed by atoms with Gasteiger partial charge in [0, 0.05) is 24.4 Å². The highest BCUT2D eigenvalue weighted by Crippen LogP contribution is 2.26. The van der Waals surface area contributed by atoms with Crippen LogP contribution >= 0.6 is 0 Å². The highest BCUT2D eigenvalue weighted by molar-refractivity contribution is 7.90. The molecule has 0 saturated heterocycles. The highest BCUT2D eigenvalue weighted by atomic mass is 32.2. The third-order valence-corrected chi connectivity index (χ3v) is 5.38. The first-order valence-corrected chi connectivity index (χ1v) is 9.99. The normalized spacial score (nSPS) is 13.8. The number of rotatable bonds is 6. The lowest BCUT2D eigenvalue weighted by molar-refractivity contribution is -0.147. The van der Waals surface area contributed by atoms with E-state index in [-0.39, 0.29) is 17.3 Å². The SMILES string of the molecule is COc1cccc(NC(=O)COC(=O)CN(C)C2=NS(=O)(=O)c3ccccc32)c1. The van der Waals surface area contributed by atoms with Crippen molar-refractivity contribution in [3.8, 4) is 5.75 Å². The number of hydrogen-bond donors (Lipinski definition) is 1. The van der Waals surface area contributed by atoms with Gasteiger partial charge < -0.3 is 19.7 Å². The molecule has 1 aliphatic heterocycles. The Morgan fingerprint density at radius 3 is 2.66 bits per heavy atom. The minimum Gasteiger partial charge on any atom is -0.497 e. The third kappa shape index (κ3) is 4.72. The maximum atomic E-state index is 12.1. The number of fused-ring (bicyclic) bond motifs is 1. The maximum Gasteiger partial charge on any atom is 0.326 e. The molecule has 0 aliphatic carbocycles. The molecule has 0 aromatic heterocycles. The lowest BCUT2D eigenvalue weighted by Gasteiger charge is -2.17. The van der Waals surface area contributed by atoms with Gasteiger partial charge in [-0.2, -0.15) is 8.42 Å². The summed E-state index contributed by atoms with van der Waals surface area (Å²) in [4.78, 5) is 25.5. The number of carbonyl (C=O) groups is 2. The smallest absolute Gasteiger partial charge is 0.326 e. The second kappa shape index (κ2) is 8.31. The van der Waals surface area contributed by atoms with E-state index >= 15 is 0 Å². The first-order valence-electron chi connectivity index (χ1n) is 8.55. The summed E-state index contributed by atoms with van der Waals surface area (Å²) < 4.78 is 38.0. The van der Waals surface area contributed by atoms with E-state index in [0.29, 0.717) is 17.0 Å². The second-order valence-electron chi connectivity index (χ2n) is 6.18. The molecule has 1 N–H and O–H groups in total. The van der Waals surface area contributed by atoms with Gasteiger partial charge in [0.15, 0.2) is 12.4 Å². The number of ether oxygens (including phenoxy) is 2. The number of esters is 1. The molecule has 2 aromatic carbocycles. The highest BCUT2D eigenvalue weighted by Gasteiger charge is 2.31. The van der Waals surface area contributed by atoms with E-state index in [2.05, 4.69) is 9.71 Å². The monoisotopic (exact) mass is 417 g/mol. The molecule has 29 heavy (non-hydrogen) atoms. The molecule has 1 aliphatic rings. The molecule has 0 fully saturated rings. The predicted octanol–water partition coefficient (Wildman–Crippen LogP) is 1.26. The van der Waals surface area contributed by atoms with Gasteiger partial charge >= 0.3 is 5.97 Å². The Hall–Kier alpha value is -3.40. The average Bonchev–Trinajstić information content (AvgIpc) is 2.98. The third-order valence-electron chi connectivity index (χ3n) is 4.06. The number of nitrogens with zero attached hydrogens (tertiary/aromatic N) is 2. The molecule has 1 amide bonds.